The van der Waals surface area contributed by atoms with Gasteiger partial charge in [0.05, 0.1) is 0 Å². The van der Waals surface area contributed by atoms with Crippen molar-refractivity contribution >= 4 is 11.6 Å². The van der Waals surface area contributed by atoms with Crippen LogP contribution in [0.25, 0.3) is 0 Å². The van der Waals surface area contributed by atoms with Gasteiger partial charge in [0.2, 0.25) is 5.91 Å². The average molecular weight is 268 g/mol. The first-order valence-corrected chi connectivity index (χ1v) is 6.84. The molecule has 3 nitrogen and oxygen atoms in total. The number of nitrogens with zero attached hydrogens (tertiary/aromatic N) is 1. The molecule has 1 atom stereocenters. The summed E-state index contributed by atoms with van der Waals surface area (Å²) in [6.07, 6.45) is 4.02. The quantitative estimate of drug-likeness (QED) is 0.915. The molecule has 1 N–H and O–H groups in total. The Morgan fingerprint density at radius 3 is 2.50 bits per heavy atom. The monoisotopic (exact) mass is 268 g/mol. The van der Waals surface area contributed by atoms with Gasteiger partial charge in [0.25, 0.3) is 0 Å². The van der Waals surface area contributed by atoms with Crippen molar-refractivity contribution in [2.75, 3.05) is 5.32 Å². The highest BCUT2D eigenvalue weighted by molar-refractivity contribution is 5.92. The third-order valence-electron chi connectivity index (χ3n) is 3.49. The lowest BCUT2D eigenvalue weighted by molar-refractivity contribution is -0.116. The minimum atomic E-state index is 0.0405. The number of rotatable bonds is 4. The number of amides is 1. The first-order chi connectivity index (χ1) is 9.58. The molecule has 0 fully saturated rings. The molecule has 1 unspecified atom stereocenters. The Labute approximate surface area is 120 Å². The molecule has 0 radical (unpaired) electrons. The van der Waals surface area contributed by atoms with E-state index in [9.17, 15) is 4.79 Å². The van der Waals surface area contributed by atoms with Gasteiger partial charge in [-0.15, -0.1) is 0 Å². The van der Waals surface area contributed by atoms with Crippen molar-refractivity contribution in [3.05, 3.63) is 59.4 Å². The van der Waals surface area contributed by atoms with Crippen molar-refractivity contribution in [2.24, 2.45) is 0 Å². The standard InChI is InChI=1S/C17H20N2O/c1-12-6-4-7-13(2)17(12)19-16(20)10-14(3)15-8-5-9-18-11-15/h4-9,11,14H,10H2,1-3H3,(H,19,20). The van der Waals surface area contributed by atoms with E-state index in [2.05, 4.69) is 10.3 Å². The summed E-state index contributed by atoms with van der Waals surface area (Å²) in [7, 11) is 0. The van der Waals surface area contributed by atoms with Gasteiger partial charge in [0.15, 0.2) is 0 Å². The molecule has 20 heavy (non-hydrogen) atoms. The van der Waals surface area contributed by atoms with Crippen LogP contribution >= 0.6 is 0 Å². The van der Waals surface area contributed by atoms with Crippen LogP contribution in [0.1, 0.15) is 36.0 Å². The third-order valence-corrected chi connectivity index (χ3v) is 3.49. The summed E-state index contributed by atoms with van der Waals surface area (Å²) in [4.78, 5) is 16.3. The molecule has 0 aliphatic heterocycles. The van der Waals surface area contributed by atoms with Crippen LogP contribution in [0.15, 0.2) is 42.7 Å². The number of nitrogens with one attached hydrogen (secondary N) is 1. The van der Waals surface area contributed by atoms with Gasteiger partial charge in [0, 0.05) is 24.5 Å². The van der Waals surface area contributed by atoms with Gasteiger partial charge in [-0.05, 0) is 42.5 Å². The van der Waals surface area contributed by atoms with Gasteiger partial charge in [0.1, 0.15) is 0 Å². The van der Waals surface area contributed by atoms with Crippen LogP contribution in [0.4, 0.5) is 5.69 Å². The second-order valence-corrected chi connectivity index (χ2v) is 5.21. The summed E-state index contributed by atoms with van der Waals surface area (Å²) in [6.45, 7) is 6.06. The number of anilines is 1. The summed E-state index contributed by atoms with van der Waals surface area (Å²) in [6, 6.07) is 9.91. The zero-order valence-electron chi connectivity index (χ0n) is 12.2. The van der Waals surface area contributed by atoms with Gasteiger partial charge in [-0.1, -0.05) is 31.2 Å². The molecule has 0 aliphatic rings. The zero-order valence-corrected chi connectivity index (χ0v) is 12.2. The van der Waals surface area contributed by atoms with Crippen molar-refractivity contribution < 1.29 is 4.79 Å². The molecule has 1 heterocycles. The van der Waals surface area contributed by atoms with Crippen molar-refractivity contribution in [2.45, 2.75) is 33.1 Å². The topological polar surface area (TPSA) is 42.0 Å². The molecule has 0 bridgehead atoms. The molecule has 104 valence electrons. The van der Waals surface area contributed by atoms with Crippen LogP contribution in [-0.4, -0.2) is 10.9 Å². The van der Waals surface area contributed by atoms with Crippen LogP contribution < -0.4 is 5.32 Å². The van der Waals surface area contributed by atoms with E-state index in [-0.39, 0.29) is 11.8 Å². The highest BCUT2D eigenvalue weighted by atomic mass is 16.1. The maximum Gasteiger partial charge on any atom is 0.224 e. The van der Waals surface area contributed by atoms with E-state index < -0.39 is 0 Å². The van der Waals surface area contributed by atoms with Crippen molar-refractivity contribution in [1.82, 2.24) is 4.98 Å². The van der Waals surface area contributed by atoms with Gasteiger partial charge in [-0.3, -0.25) is 9.78 Å². The molecule has 1 aromatic heterocycles. The fraction of sp³-hybridized carbons (Fsp3) is 0.294. The summed E-state index contributed by atoms with van der Waals surface area (Å²) < 4.78 is 0. The van der Waals surface area contributed by atoms with E-state index in [4.69, 9.17) is 0 Å². The normalized spacial score (nSPS) is 11.9. The molecule has 1 aromatic carbocycles. The molecular formula is C17H20N2O. The Bertz CT molecular complexity index is 573. The molecule has 2 rings (SSSR count). The second kappa shape index (κ2) is 6.33. The molecule has 0 saturated carbocycles. The predicted molar refractivity (Wildman–Crippen MR) is 81.8 cm³/mol. The fourth-order valence-electron chi connectivity index (χ4n) is 2.27. The summed E-state index contributed by atoms with van der Waals surface area (Å²) in [5, 5.41) is 3.02. The average Bonchev–Trinajstić information content (AvgIpc) is 2.44. The number of pyridine rings is 1. The van der Waals surface area contributed by atoms with Crippen molar-refractivity contribution in [3.63, 3.8) is 0 Å². The SMILES string of the molecule is Cc1cccc(C)c1NC(=O)CC(C)c1cccnc1. The number of hydrogen-bond acceptors (Lipinski definition) is 2. The minimum Gasteiger partial charge on any atom is -0.326 e. The molecule has 0 aliphatic carbocycles. The smallest absolute Gasteiger partial charge is 0.224 e. The van der Waals surface area contributed by atoms with Crippen LogP contribution in [0.5, 0.6) is 0 Å². The molecular weight excluding hydrogens is 248 g/mol. The first kappa shape index (κ1) is 14.3. The molecule has 3 heteroatoms. The predicted octanol–water partition coefficient (Wildman–Crippen LogP) is 3.83. The maximum atomic E-state index is 12.2. The minimum absolute atomic E-state index is 0.0405. The number of hydrogen-bond donors (Lipinski definition) is 1. The van der Waals surface area contributed by atoms with Gasteiger partial charge in [-0.2, -0.15) is 0 Å². The van der Waals surface area contributed by atoms with Crippen LogP contribution in [0.2, 0.25) is 0 Å². The molecule has 0 spiro atoms. The summed E-state index contributed by atoms with van der Waals surface area (Å²) in [5.41, 5.74) is 4.19. The Hall–Kier alpha value is -2.16. The van der Waals surface area contributed by atoms with Crippen molar-refractivity contribution in [1.29, 1.82) is 0 Å². The second-order valence-electron chi connectivity index (χ2n) is 5.21. The molecule has 1 amide bonds. The molecule has 0 saturated heterocycles. The van der Waals surface area contributed by atoms with Crippen LogP contribution in [-0.2, 0) is 4.79 Å². The number of para-hydroxylation sites is 1. The Kier molecular flexibility index (Phi) is 4.51. The van der Waals surface area contributed by atoms with Gasteiger partial charge in [-0.25, -0.2) is 0 Å². The van der Waals surface area contributed by atoms with E-state index in [0.717, 1.165) is 22.4 Å². The highest BCUT2D eigenvalue weighted by Gasteiger charge is 2.13. The largest absolute Gasteiger partial charge is 0.326 e. The Morgan fingerprint density at radius 2 is 1.90 bits per heavy atom. The van der Waals surface area contributed by atoms with E-state index in [1.54, 1.807) is 6.20 Å². The number of aromatic nitrogens is 1. The summed E-state index contributed by atoms with van der Waals surface area (Å²) >= 11 is 0. The lowest BCUT2D eigenvalue weighted by Crippen LogP contribution is -2.16. The number of aryl methyl sites for hydroxylation is 2. The van der Waals surface area contributed by atoms with Crippen LogP contribution in [0, 0.1) is 13.8 Å². The number of carbonyl (C=O) groups excluding carboxylic acids is 1. The fourth-order valence-corrected chi connectivity index (χ4v) is 2.27. The van der Waals surface area contributed by atoms with E-state index >= 15 is 0 Å². The lowest BCUT2D eigenvalue weighted by atomic mass is 9.99. The number of carbonyl (C=O) groups is 1. The highest BCUT2D eigenvalue weighted by Crippen LogP contribution is 2.22. The Morgan fingerprint density at radius 1 is 1.20 bits per heavy atom. The van der Waals surface area contributed by atoms with Crippen molar-refractivity contribution in [3.8, 4) is 0 Å². The maximum absolute atomic E-state index is 12.2. The number of benzene rings is 1. The van der Waals surface area contributed by atoms with Crippen LogP contribution in [0.3, 0.4) is 0 Å². The summed E-state index contributed by atoms with van der Waals surface area (Å²) in [5.74, 6) is 0.201. The van der Waals surface area contributed by atoms with E-state index in [1.807, 2.05) is 57.3 Å². The van der Waals surface area contributed by atoms with E-state index in [1.165, 1.54) is 0 Å². The lowest BCUT2D eigenvalue weighted by Gasteiger charge is -2.14. The van der Waals surface area contributed by atoms with E-state index in [0.29, 0.717) is 6.42 Å². The molecule has 2 aromatic rings. The first-order valence-electron chi connectivity index (χ1n) is 6.84. The van der Waals surface area contributed by atoms with Gasteiger partial charge >= 0.3 is 0 Å². The Balaban J connectivity index is 2.03. The zero-order chi connectivity index (χ0) is 14.5. The third kappa shape index (κ3) is 3.44. The van der Waals surface area contributed by atoms with Gasteiger partial charge < -0.3 is 5.32 Å².